The lowest BCUT2D eigenvalue weighted by atomic mass is 9.89. The van der Waals surface area contributed by atoms with Gasteiger partial charge in [-0.25, -0.2) is 4.98 Å². The molecule has 1 amide bonds. The Morgan fingerprint density at radius 3 is 2.83 bits per heavy atom. The first kappa shape index (κ1) is 13.7. The number of hydrogen-bond acceptors (Lipinski definition) is 2. The molecule has 3 aromatic rings. The highest BCUT2D eigenvalue weighted by molar-refractivity contribution is 6.12. The largest absolute Gasteiger partial charge is 0.296 e. The molecule has 112 valence electrons. The molecular weight excluding hydrogens is 284 g/mol. The molecule has 0 saturated carbocycles. The number of carbonyl (C=O) groups excluding carboxylic acids is 1. The third kappa shape index (κ3) is 2.21. The van der Waals surface area contributed by atoms with E-state index in [0.717, 1.165) is 12.0 Å². The van der Waals surface area contributed by atoms with E-state index in [-0.39, 0.29) is 5.91 Å². The number of rotatable bonds is 2. The Balaban J connectivity index is 1.85. The molecule has 0 radical (unpaired) electrons. The standard InChI is InChI=1S/C20H16N2O/c1-22(18-10-2-3-13-21-18)20(23)17-12-11-15-7-4-6-14-8-5-9-16(17)19(14)15/h2-7,9-13H,8H2,1H3. The van der Waals surface area contributed by atoms with Gasteiger partial charge < -0.3 is 0 Å². The maximum absolute atomic E-state index is 13.0. The average molecular weight is 300 g/mol. The van der Waals surface area contributed by atoms with Crippen LogP contribution in [0.5, 0.6) is 0 Å². The summed E-state index contributed by atoms with van der Waals surface area (Å²) in [4.78, 5) is 18.8. The molecule has 23 heavy (non-hydrogen) atoms. The summed E-state index contributed by atoms with van der Waals surface area (Å²) in [6.07, 6.45) is 6.79. The summed E-state index contributed by atoms with van der Waals surface area (Å²) in [5.41, 5.74) is 3.00. The van der Waals surface area contributed by atoms with Crippen LogP contribution in [0.25, 0.3) is 16.8 Å². The van der Waals surface area contributed by atoms with Gasteiger partial charge in [0.1, 0.15) is 5.82 Å². The minimum Gasteiger partial charge on any atom is -0.296 e. The smallest absolute Gasteiger partial charge is 0.259 e. The molecule has 0 aliphatic heterocycles. The van der Waals surface area contributed by atoms with Crippen molar-refractivity contribution >= 4 is 28.6 Å². The normalized spacial score (nSPS) is 12.4. The van der Waals surface area contributed by atoms with Gasteiger partial charge >= 0.3 is 0 Å². The molecule has 0 spiro atoms. The molecule has 4 rings (SSSR count). The minimum absolute atomic E-state index is 0.0399. The zero-order chi connectivity index (χ0) is 15.8. The van der Waals surface area contributed by atoms with Gasteiger partial charge in [-0.1, -0.05) is 42.5 Å². The molecule has 3 heteroatoms. The molecule has 1 aromatic heterocycles. The maximum Gasteiger partial charge on any atom is 0.259 e. The Kier molecular flexibility index (Phi) is 3.19. The first-order valence-electron chi connectivity index (χ1n) is 7.66. The van der Waals surface area contributed by atoms with Crippen molar-refractivity contribution in [1.29, 1.82) is 0 Å². The van der Waals surface area contributed by atoms with E-state index in [0.29, 0.717) is 11.4 Å². The van der Waals surface area contributed by atoms with Gasteiger partial charge in [0.15, 0.2) is 0 Å². The Morgan fingerprint density at radius 1 is 1.09 bits per heavy atom. The quantitative estimate of drug-likeness (QED) is 0.714. The van der Waals surface area contributed by atoms with Crippen LogP contribution >= 0.6 is 0 Å². The van der Waals surface area contributed by atoms with Gasteiger partial charge in [0.2, 0.25) is 0 Å². The highest BCUT2D eigenvalue weighted by atomic mass is 16.2. The number of benzene rings is 2. The molecule has 0 fully saturated rings. The van der Waals surface area contributed by atoms with Crippen molar-refractivity contribution in [2.24, 2.45) is 0 Å². The van der Waals surface area contributed by atoms with Gasteiger partial charge in [0.05, 0.1) is 0 Å². The molecule has 1 aliphatic carbocycles. The van der Waals surface area contributed by atoms with E-state index in [9.17, 15) is 4.79 Å². The SMILES string of the molecule is CN(C(=O)c1ccc2cccc3c2c1C=CC3)c1ccccn1. The first-order valence-corrected chi connectivity index (χ1v) is 7.66. The van der Waals surface area contributed by atoms with Crippen LogP contribution in [0.1, 0.15) is 21.5 Å². The van der Waals surface area contributed by atoms with Gasteiger partial charge in [0.25, 0.3) is 5.91 Å². The Labute approximate surface area is 134 Å². The lowest BCUT2D eigenvalue weighted by molar-refractivity contribution is 0.0992. The van der Waals surface area contributed by atoms with Crippen molar-refractivity contribution in [1.82, 2.24) is 4.98 Å². The van der Waals surface area contributed by atoms with Crippen LogP contribution in [0, 0.1) is 0 Å². The molecule has 0 atom stereocenters. The highest BCUT2D eigenvalue weighted by Gasteiger charge is 2.20. The molecule has 3 nitrogen and oxygen atoms in total. The number of hydrogen-bond donors (Lipinski definition) is 0. The fourth-order valence-electron chi connectivity index (χ4n) is 3.16. The summed E-state index contributed by atoms with van der Waals surface area (Å²) in [7, 11) is 1.76. The lowest BCUT2D eigenvalue weighted by Gasteiger charge is -2.20. The van der Waals surface area contributed by atoms with E-state index in [1.165, 1.54) is 16.3 Å². The van der Waals surface area contributed by atoms with Gasteiger partial charge in [-0.15, -0.1) is 0 Å². The summed E-state index contributed by atoms with van der Waals surface area (Å²) >= 11 is 0. The summed E-state index contributed by atoms with van der Waals surface area (Å²) in [5, 5.41) is 2.37. The summed E-state index contributed by atoms with van der Waals surface area (Å²) in [6.45, 7) is 0. The van der Waals surface area contributed by atoms with E-state index >= 15 is 0 Å². The van der Waals surface area contributed by atoms with E-state index in [4.69, 9.17) is 0 Å². The van der Waals surface area contributed by atoms with Crippen molar-refractivity contribution in [3.05, 3.63) is 77.5 Å². The molecule has 1 aliphatic rings. The maximum atomic E-state index is 13.0. The van der Waals surface area contributed by atoms with Crippen LogP contribution in [0.4, 0.5) is 5.82 Å². The third-order valence-electron chi connectivity index (χ3n) is 4.32. The number of anilines is 1. The Bertz CT molecular complexity index is 929. The minimum atomic E-state index is -0.0399. The van der Waals surface area contributed by atoms with Crippen molar-refractivity contribution in [3.63, 3.8) is 0 Å². The van der Waals surface area contributed by atoms with Gasteiger partial charge in [0, 0.05) is 18.8 Å². The van der Waals surface area contributed by atoms with Gasteiger partial charge in [-0.05, 0) is 46.5 Å². The molecule has 0 saturated heterocycles. The third-order valence-corrected chi connectivity index (χ3v) is 4.32. The van der Waals surface area contributed by atoms with E-state index in [2.05, 4.69) is 35.3 Å². The van der Waals surface area contributed by atoms with Crippen molar-refractivity contribution in [3.8, 4) is 0 Å². The summed E-state index contributed by atoms with van der Waals surface area (Å²) < 4.78 is 0. The molecule has 0 bridgehead atoms. The zero-order valence-corrected chi connectivity index (χ0v) is 12.9. The summed E-state index contributed by atoms with van der Waals surface area (Å²) in [6, 6.07) is 15.8. The van der Waals surface area contributed by atoms with Crippen LogP contribution in [0.2, 0.25) is 0 Å². The van der Waals surface area contributed by atoms with Crippen molar-refractivity contribution in [2.45, 2.75) is 6.42 Å². The van der Waals surface area contributed by atoms with Crippen LogP contribution in [0.15, 0.2) is 60.8 Å². The van der Waals surface area contributed by atoms with Crippen LogP contribution in [-0.2, 0) is 6.42 Å². The molecular formula is C20H16N2O. The average Bonchev–Trinajstić information content (AvgIpc) is 2.62. The number of aromatic nitrogens is 1. The van der Waals surface area contributed by atoms with Crippen LogP contribution < -0.4 is 4.90 Å². The number of pyridine rings is 1. The predicted molar refractivity (Wildman–Crippen MR) is 93.7 cm³/mol. The molecule has 0 unspecified atom stereocenters. The predicted octanol–water partition coefficient (Wildman–Crippen LogP) is 4.08. The first-order chi connectivity index (χ1) is 11.3. The second-order valence-electron chi connectivity index (χ2n) is 5.70. The number of amides is 1. The number of nitrogens with zero attached hydrogens (tertiary/aromatic N) is 2. The topological polar surface area (TPSA) is 33.2 Å². The number of allylic oxidation sites excluding steroid dienone is 1. The number of carbonyl (C=O) groups is 1. The van der Waals surface area contributed by atoms with Gasteiger partial charge in [-0.2, -0.15) is 0 Å². The summed E-state index contributed by atoms with van der Waals surface area (Å²) in [5.74, 6) is 0.611. The van der Waals surface area contributed by atoms with E-state index in [1.54, 1.807) is 18.1 Å². The van der Waals surface area contributed by atoms with E-state index < -0.39 is 0 Å². The lowest BCUT2D eigenvalue weighted by Crippen LogP contribution is -2.27. The van der Waals surface area contributed by atoms with Crippen LogP contribution in [-0.4, -0.2) is 17.9 Å². The van der Waals surface area contributed by atoms with Crippen molar-refractivity contribution in [2.75, 3.05) is 11.9 Å². The van der Waals surface area contributed by atoms with Crippen molar-refractivity contribution < 1.29 is 4.79 Å². The molecule has 2 aromatic carbocycles. The second kappa shape index (κ2) is 5.36. The Morgan fingerprint density at radius 2 is 2.00 bits per heavy atom. The monoisotopic (exact) mass is 300 g/mol. The van der Waals surface area contributed by atoms with Gasteiger partial charge in [-0.3, -0.25) is 9.69 Å². The molecule has 0 N–H and O–H groups in total. The fourth-order valence-corrected chi connectivity index (χ4v) is 3.16. The highest BCUT2D eigenvalue weighted by Crippen LogP contribution is 2.31. The Hall–Kier alpha value is -2.94. The molecule has 1 heterocycles. The van der Waals surface area contributed by atoms with Crippen LogP contribution in [0.3, 0.4) is 0 Å². The van der Waals surface area contributed by atoms with E-state index in [1.807, 2.05) is 30.3 Å². The zero-order valence-electron chi connectivity index (χ0n) is 12.9. The second-order valence-corrected chi connectivity index (χ2v) is 5.70. The fraction of sp³-hybridized carbons (Fsp3) is 0.100.